The van der Waals surface area contributed by atoms with E-state index >= 15 is 0 Å². The van der Waals surface area contributed by atoms with Crippen LogP contribution in [0.5, 0.6) is 0 Å². The van der Waals surface area contributed by atoms with Crippen molar-refractivity contribution in [1.29, 1.82) is 0 Å². The number of hydrogen-bond acceptors (Lipinski definition) is 2. The maximum absolute atomic E-state index is 3.67. The molecule has 0 unspecified atom stereocenters. The predicted molar refractivity (Wildman–Crippen MR) is 32.2 cm³/mol. The van der Waals surface area contributed by atoms with E-state index in [-0.39, 0.29) is 20.4 Å². The Morgan fingerprint density at radius 2 is 1.89 bits per heavy atom. The summed E-state index contributed by atoms with van der Waals surface area (Å²) in [6, 6.07) is 0. The molecule has 0 bridgehead atoms. The van der Waals surface area contributed by atoms with Crippen molar-refractivity contribution in [2.75, 3.05) is 0 Å². The molecule has 3 heteroatoms. The molecule has 0 aliphatic carbocycles. The predicted octanol–water partition coefficient (Wildman–Crippen LogP) is 1.30. The topological polar surface area (TPSA) is 25.8 Å². The fourth-order valence-electron chi connectivity index (χ4n) is 0.225. The summed E-state index contributed by atoms with van der Waals surface area (Å²) in [5, 5.41) is 0. The fraction of sp³-hybridized carbons (Fsp3) is 0.333. The van der Waals surface area contributed by atoms with Crippen LogP contribution < -0.4 is 0 Å². The van der Waals surface area contributed by atoms with Crippen LogP contribution in [-0.4, -0.2) is 9.97 Å². The summed E-state index contributed by atoms with van der Waals surface area (Å²) < 4.78 is 0. The summed E-state index contributed by atoms with van der Waals surface area (Å²) in [5.74, 6) is 0. The zero-order valence-corrected chi connectivity index (χ0v) is 8.22. The Morgan fingerprint density at radius 3 is 2.00 bits per heavy atom. The van der Waals surface area contributed by atoms with Crippen LogP contribution in [0.2, 0.25) is 0 Å². The second kappa shape index (κ2) is 10.7. The molecule has 0 aromatic carbocycles. The Bertz CT molecular complexity index is 83.0. The quantitative estimate of drug-likeness (QED) is 0.674. The van der Waals surface area contributed by atoms with Crippen molar-refractivity contribution < 1.29 is 20.4 Å². The smallest absolute Gasteiger partial charge is 0 e. The average molecular weight is 295 g/mol. The van der Waals surface area contributed by atoms with Gasteiger partial charge in [-0.1, -0.05) is 13.8 Å². The SMILES string of the molecule is CC.[Re].[c-]1cnccn1. The van der Waals surface area contributed by atoms with E-state index in [0.29, 0.717) is 0 Å². The van der Waals surface area contributed by atoms with Gasteiger partial charge in [0, 0.05) is 20.4 Å². The first-order valence-corrected chi connectivity index (χ1v) is 2.62. The number of hydrogen-bond donors (Lipinski definition) is 0. The van der Waals surface area contributed by atoms with Crippen molar-refractivity contribution >= 4 is 0 Å². The van der Waals surface area contributed by atoms with Crippen LogP contribution in [0.25, 0.3) is 0 Å². The first kappa shape index (κ1) is 11.5. The van der Waals surface area contributed by atoms with Gasteiger partial charge in [-0.05, 0) is 12.4 Å². The Morgan fingerprint density at radius 1 is 1.22 bits per heavy atom. The molecule has 51 valence electrons. The van der Waals surface area contributed by atoms with E-state index in [9.17, 15) is 0 Å². The second-order valence-corrected chi connectivity index (χ2v) is 0.835. The molecule has 1 aromatic rings. The van der Waals surface area contributed by atoms with Crippen LogP contribution in [0.1, 0.15) is 13.8 Å². The molecule has 0 spiro atoms. The van der Waals surface area contributed by atoms with Gasteiger partial charge in [-0.2, -0.15) is 0 Å². The molecule has 0 aliphatic rings. The Labute approximate surface area is 69.4 Å². The van der Waals surface area contributed by atoms with Crippen molar-refractivity contribution in [1.82, 2.24) is 9.97 Å². The van der Waals surface area contributed by atoms with Gasteiger partial charge in [0.15, 0.2) is 0 Å². The zero-order chi connectivity index (χ0) is 6.24. The van der Waals surface area contributed by atoms with Crippen molar-refractivity contribution in [3.8, 4) is 0 Å². The van der Waals surface area contributed by atoms with Gasteiger partial charge in [-0.15, -0.1) is 12.4 Å². The first-order valence-electron chi connectivity index (χ1n) is 2.62. The standard InChI is InChI=1S/C4H3N2.C2H6.Re/c1-2-6-4-3-5-1;1-2;/h1-3H;1-2H3;/q-1;;. The van der Waals surface area contributed by atoms with Crippen LogP contribution >= 0.6 is 0 Å². The summed E-state index contributed by atoms with van der Waals surface area (Å²) in [5.41, 5.74) is 0. The molecule has 0 aliphatic heterocycles. The van der Waals surface area contributed by atoms with E-state index < -0.39 is 0 Å². The molecule has 1 rings (SSSR count). The van der Waals surface area contributed by atoms with Crippen molar-refractivity contribution in [3.05, 3.63) is 24.8 Å². The van der Waals surface area contributed by atoms with Crippen LogP contribution in [0, 0.1) is 6.20 Å². The van der Waals surface area contributed by atoms with Gasteiger partial charge in [-0.25, -0.2) is 0 Å². The molecule has 0 amide bonds. The van der Waals surface area contributed by atoms with Gasteiger partial charge in [-0.3, -0.25) is 0 Å². The minimum absolute atomic E-state index is 0. The van der Waals surface area contributed by atoms with E-state index in [1.165, 1.54) is 6.20 Å². The molecule has 2 nitrogen and oxygen atoms in total. The van der Waals surface area contributed by atoms with Gasteiger partial charge in [0.1, 0.15) is 0 Å². The molecule has 0 fully saturated rings. The zero-order valence-electron chi connectivity index (χ0n) is 5.50. The molecule has 0 saturated carbocycles. The van der Waals surface area contributed by atoms with Gasteiger partial charge in [0.25, 0.3) is 0 Å². The van der Waals surface area contributed by atoms with Gasteiger partial charge >= 0.3 is 0 Å². The summed E-state index contributed by atoms with van der Waals surface area (Å²) in [6.45, 7) is 4.00. The van der Waals surface area contributed by atoms with E-state index in [1.54, 1.807) is 12.4 Å². The van der Waals surface area contributed by atoms with Gasteiger partial charge in [0.05, 0.1) is 0 Å². The first-order chi connectivity index (χ1) is 4.00. The van der Waals surface area contributed by atoms with Gasteiger partial charge in [0.2, 0.25) is 0 Å². The summed E-state index contributed by atoms with van der Waals surface area (Å²) in [6.07, 6.45) is 7.24. The maximum atomic E-state index is 3.67. The van der Waals surface area contributed by atoms with E-state index in [0.717, 1.165) is 0 Å². The fourth-order valence-corrected chi connectivity index (χ4v) is 0.225. The minimum atomic E-state index is 0. The molecule has 1 radical (unpaired) electrons. The van der Waals surface area contributed by atoms with Crippen LogP contribution in [-0.2, 0) is 20.4 Å². The third-order valence-electron chi connectivity index (χ3n) is 0.434. The van der Waals surface area contributed by atoms with Crippen LogP contribution in [0.3, 0.4) is 0 Å². The van der Waals surface area contributed by atoms with Crippen LogP contribution in [0.4, 0.5) is 0 Å². The van der Waals surface area contributed by atoms with Crippen molar-refractivity contribution in [2.45, 2.75) is 13.8 Å². The number of nitrogens with zero attached hydrogens (tertiary/aromatic N) is 2. The Balaban J connectivity index is 0. The largest absolute Gasteiger partial charge is 0.456 e. The molecule has 0 saturated heterocycles. The summed E-state index contributed by atoms with van der Waals surface area (Å²) in [4.78, 5) is 7.26. The van der Waals surface area contributed by atoms with Gasteiger partial charge < -0.3 is 9.97 Å². The third-order valence-corrected chi connectivity index (χ3v) is 0.434. The van der Waals surface area contributed by atoms with Crippen molar-refractivity contribution in [3.63, 3.8) is 0 Å². The molecular formula is C6H9N2Re-. The molecule has 0 atom stereocenters. The van der Waals surface area contributed by atoms with E-state index in [1.807, 2.05) is 13.8 Å². The monoisotopic (exact) mass is 296 g/mol. The second-order valence-electron chi connectivity index (χ2n) is 0.835. The molecule has 1 aromatic heterocycles. The normalized spacial score (nSPS) is 6.00. The Kier molecular flexibility index (Phi) is 13.7. The third kappa shape index (κ3) is 7.74. The molecule has 0 N–H and O–H groups in total. The average Bonchev–Trinajstić information content (AvgIpc) is 1.96. The summed E-state index contributed by atoms with van der Waals surface area (Å²) >= 11 is 0. The van der Waals surface area contributed by atoms with E-state index in [4.69, 9.17) is 0 Å². The number of rotatable bonds is 0. The minimum Gasteiger partial charge on any atom is -0.456 e. The Hall–Kier alpha value is -0.258. The molecule has 1 heterocycles. The molecule has 9 heavy (non-hydrogen) atoms. The maximum Gasteiger partial charge on any atom is 0 e. The van der Waals surface area contributed by atoms with Crippen LogP contribution in [0.15, 0.2) is 18.6 Å². The molecular weight excluding hydrogens is 286 g/mol. The summed E-state index contributed by atoms with van der Waals surface area (Å²) in [7, 11) is 0. The van der Waals surface area contributed by atoms with Crippen molar-refractivity contribution in [2.24, 2.45) is 0 Å². The number of aromatic nitrogens is 2. The van der Waals surface area contributed by atoms with E-state index in [2.05, 4.69) is 16.2 Å².